The summed E-state index contributed by atoms with van der Waals surface area (Å²) in [6.45, 7) is 5.05. The molecule has 1 heterocycles. The van der Waals surface area contributed by atoms with Crippen LogP contribution in [0.1, 0.15) is 30.1 Å². The lowest BCUT2D eigenvalue weighted by Gasteiger charge is -2.23. The number of hydrogen-bond donors (Lipinski definition) is 1. The quantitative estimate of drug-likeness (QED) is 0.895. The van der Waals surface area contributed by atoms with Crippen molar-refractivity contribution >= 4 is 21.8 Å². The highest BCUT2D eigenvalue weighted by atomic mass is 79.9. The molecular formula is C15H21BrN2O2. The fraction of sp³-hybridized carbons (Fsp3) is 0.533. The second kappa shape index (κ2) is 7.09. The second-order valence-electron chi connectivity index (χ2n) is 4.98. The van der Waals surface area contributed by atoms with Gasteiger partial charge in [0.25, 0.3) is 5.91 Å². The molecular weight excluding hydrogens is 320 g/mol. The van der Waals surface area contributed by atoms with Crippen LogP contribution >= 0.6 is 15.9 Å². The van der Waals surface area contributed by atoms with Crippen LogP contribution in [0, 0.1) is 0 Å². The average molecular weight is 341 g/mol. The van der Waals surface area contributed by atoms with E-state index in [2.05, 4.69) is 33.1 Å². The van der Waals surface area contributed by atoms with Crippen LogP contribution in [0.2, 0.25) is 0 Å². The van der Waals surface area contributed by atoms with Gasteiger partial charge in [0.05, 0.1) is 12.7 Å². The number of benzene rings is 1. The molecule has 5 heteroatoms. The monoisotopic (exact) mass is 340 g/mol. The molecule has 1 N–H and O–H groups in total. The number of amides is 1. The molecule has 0 aliphatic carbocycles. The van der Waals surface area contributed by atoms with E-state index in [9.17, 15) is 4.79 Å². The first-order chi connectivity index (χ1) is 9.65. The van der Waals surface area contributed by atoms with Crippen molar-refractivity contribution in [1.82, 2.24) is 10.2 Å². The van der Waals surface area contributed by atoms with Gasteiger partial charge < -0.3 is 10.1 Å². The fourth-order valence-electron chi connectivity index (χ4n) is 2.70. The van der Waals surface area contributed by atoms with Gasteiger partial charge in [0.2, 0.25) is 0 Å². The van der Waals surface area contributed by atoms with E-state index < -0.39 is 0 Å². The molecule has 1 unspecified atom stereocenters. The normalized spacial score (nSPS) is 19.1. The number of halogens is 1. The number of likely N-dealkylation sites (N-methyl/N-ethyl adjacent to an activating group) is 1. The minimum Gasteiger partial charge on any atom is -0.496 e. The number of nitrogens with one attached hydrogen (secondary N) is 1. The topological polar surface area (TPSA) is 41.6 Å². The summed E-state index contributed by atoms with van der Waals surface area (Å²) < 4.78 is 6.16. The summed E-state index contributed by atoms with van der Waals surface area (Å²) in [5, 5.41) is 3.02. The van der Waals surface area contributed by atoms with E-state index in [0.29, 0.717) is 23.9 Å². The van der Waals surface area contributed by atoms with E-state index in [-0.39, 0.29) is 5.91 Å². The summed E-state index contributed by atoms with van der Waals surface area (Å²) in [4.78, 5) is 14.7. The third-order valence-corrected chi connectivity index (χ3v) is 4.30. The highest BCUT2D eigenvalue weighted by Gasteiger charge is 2.23. The maximum Gasteiger partial charge on any atom is 0.255 e. The van der Waals surface area contributed by atoms with E-state index in [1.807, 2.05) is 12.1 Å². The van der Waals surface area contributed by atoms with Gasteiger partial charge in [0.15, 0.2) is 0 Å². The number of carbonyl (C=O) groups excluding carboxylic acids is 1. The highest BCUT2D eigenvalue weighted by Crippen LogP contribution is 2.23. The molecule has 1 atom stereocenters. The molecule has 4 nitrogen and oxygen atoms in total. The van der Waals surface area contributed by atoms with E-state index in [0.717, 1.165) is 24.0 Å². The van der Waals surface area contributed by atoms with Crippen molar-refractivity contribution in [2.45, 2.75) is 25.8 Å². The van der Waals surface area contributed by atoms with E-state index >= 15 is 0 Å². The zero-order valence-electron chi connectivity index (χ0n) is 12.0. The summed E-state index contributed by atoms with van der Waals surface area (Å²) in [5.41, 5.74) is 0.580. The molecule has 1 aromatic carbocycles. The summed E-state index contributed by atoms with van der Waals surface area (Å²) in [6.07, 6.45) is 2.38. The van der Waals surface area contributed by atoms with Gasteiger partial charge >= 0.3 is 0 Å². The van der Waals surface area contributed by atoms with Gasteiger partial charge in [-0.2, -0.15) is 0 Å². The van der Waals surface area contributed by atoms with Crippen molar-refractivity contribution in [1.29, 1.82) is 0 Å². The first kappa shape index (κ1) is 15.3. The van der Waals surface area contributed by atoms with Gasteiger partial charge in [-0.05, 0) is 44.1 Å². The van der Waals surface area contributed by atoms with Gasteiger partial charge in [-0.1, -0.05) is 22.9 Å². The Bertz CT molecular complexity index is 479. The van der Waals surface area contributed by atoms with Gasteiger partial charge in [0.1, 0.15) is 5.75 Å². The number of ether oxygens (including phenoxy) is 1. The van der Waals surface area contributed by atoms with Crippen LogP contribution < -0.4 is 10.1 Å². The maximum atomic E-state index is 12.3. The van der Waals surface area contributed by atoms with Crippen LogP contribution in [0.3, 0.4) is 0 Å². The first-order valence-electron chi connectivity index (χ1n) is 7.01. The molecule has 0 bridgehead atoms. The molecule has 1 amide bonds. The van der Waals surface area contributed by atoms with E-state index in [1.54, 1.807) is 13.2 Å². The Morgan fingerprint density at radius 1 is 1.55 bits per heavy atom. The zero-order valence-corrected chi connectivity index (χ0v) is 13.6. The molecule has 1 fully saturated rings. The Balaban J connectivity index is 1.98. The van der Waals surface area contributed by atoms with Crippen molar-refractivity contribution in [3.63, 3.8) is 0 Å². The van der Waals surface area contributed by atoms with E-state index in [4.69, 9.17) is 4.74 Å². The number of nitrogens with zero attached hydrogens (tertiary/aromatic N) is 1. The minimum absolute atomic E-state index is 0.0719. The van der Waals surface area contributed by atoms with Crippen molar-refractivity contribution < 1.29 is 9.53 Å². The number of hydrogen-bond acceptors (Lipinski definition) is 3. The lowest BCUT2D eigenvalue weighted by Crippen LogP contribution is -2.40. The Labute approximate surface area is 128 Å². The largest absolute Gasteiger partial charge is 0.496 e. The highest BCUT2D eigenvalue weighted by molar-refractivity contribution is 9.10. The Morgan fingerprint density at radius 2 is 2.35 bits per heavy atom. The Kier molecular flexibility index (Phi) is 5.43. The van der Waals surface area contributed by atoms with Gasteiger partial charge in [-0.15, -0.1) is 0 Å². The van der Waals surface area contributed by atoms with Crippen LogP contribution in [0.15, 0.2) is 22.7 Å². The summed E-state index contributed by atoms with van der Waals surface area (Å²) >= 11 is 3.38. The smallest absolute Gasteiger partial charge is 0.255 e. The predicted octanol–water partition coefficient (Wildman–Crippen LogP) is 2.67. The minimum atomic E-state index is -0.0719. The van der Waals surface area contributed by atoms with Crippen molar-refractivity contribution in [2.24, 2.45) is 0 Å². The molecule has 20 heavy (non-hydrogen) atoms. The lowest BCUT2D eigenvalue weighted by atomic mass is 10.1. The molecule has 0 aromatic heterocycles. The Morgan fingerprint density at radius 3 is 3.05 bits per heavy atom. The summed E-state index contributed by atoms with van der Waals surface area (Å²) in [7, 11) is 1.58. The molecule has 1 saturated heterocycles. The molecule has 1 aromatic rings. The van der Waals surface area contributed by atoms with Crippen LogP contribution in [0.4, 0.5) is 0 Å². The zero-order chi connectivity index (χ0) is 14.5. The summed E-state index contributed by atoms with van der Waals surface area (Å²) in [5.74, 6) is 0.521. The average Bonchev–Trinajstić information content (AvgIpc) is 2.92. The number of carbonyl (C=O) groups is 1. The molecule has 0 radical (unpaired) electrons. The third-order valence-electron chi connectivity index (χ3n) is 3.81. The first-order valence-corrected chi connectivity index (χ1v) is 7.80. The number of likely N-dealkylation sites (tertiary alicyclic amines) is 1. The van der Waals surface area contributed by atoms with Gasteiger partial charge in [-0.3, -0.25) is 9.69 Å². The molecule has 0 saturated carbocycles. The van der Waals surface area contributed by atoms with Gasteiger partial charge in [-0.25, -0.2) is 0 Å². The SMILES string of the molecule is CCN1CCCC1CNC(=O)c1ccc(Br)cc1OC. The van der Waals surface area contributed by atoms with Crippen LogP contribution in [-0.2, 0) is 0 Å². The molecule has 0 spiro atoms. The predicted molar refractivity (Wildman–Crippen MR) is 83.3 cm³/mol. The van der Waals surface area contributed by atoms with Crippen LogP contribution in [-0.4, -0.2) is 43.6 Å². The molecule has 1 aliphatic rings. The van der Waals surface area contributed by atoms with Crippen molar-refractivity contribution in [3.8, 4) is 5.75 Å². The van der Waals surface area contributed by atoms with Gasteiger partial charge in [0, 0.05) is 17.1 Å². The Hall–Kier alpha value is -1.07. The summed E-state index contributed by atoms with van der Waals surface area (Å²) in [6, 6.07) is 5.91. The standard InChI is InChI=1S/C15H21BrN2O2/c1-3-18-8-4-5-12(18)10-17-15(19)13-7-6-11(16)9-14(13)20-2/h6-7,9,12H,3-5,8,10H2,1-2H3,(H,17,19). The van der Waals surface area contributed by atoms with Crippen molar-refractivity contribution in [2.75, 3.05) is 26.7 Å². The van der Waals surface area contributed by atoms with E-state index in [1.165, 1.54) is 6.42 Å². The molecule has 1 aliphatic heterocycles. The molecule has 110 valence electrons. The lowest BCUT2D eigenvalue weighted by molar-refractivity contribution is 0.0938. The van der Waals surface area contributed by atoms with Crippen LogP contribution in [0.5, 0.6) is 5.75 Å². The van der Waals surface area contributed by atoms with Crippen molar-refractivity contribution in [3.05, 3.63) is 28.2 Å². The number of rotatable bonds is 5. The maximum absolute atomic E-state index is 12.3. The second-order valence-corrected chi connectivity index (χ2v) is 5.89. The third kappa shape index (κ3) is 3.52. The fourth-order valence-corrected chi connectivity index (χ4v) is 3.04. The number of methoxy groups -OCH3 is 1. The van der Waals surface area contributed by atoms with Crippen LogP contribution in [0.25, 0.3) is 0 Å². The molecule has 2 rings (SSSR count).